The highest BCUT2D eigenvalue weighted by Crippen LogP contribution is 2.09. The molecule has 0 amide bonds. The Balaban J connectivity index is 4.33. The molecule has 0 radical (unpaired) electrons. The van der Waals surface area contributed by atoms with E-state index in [0.29, 0.717) is 12.0 Å². The summed E-state index contributed by atoms with van der Waals surface area (Å²) in [4.78, 5) is 2.44. The van der Waals surface area contributed by atoms with E-state index >= 15 is 0 Å². The second-order valence-corrected chi connectivity index (χ2v) is 5.23. The van der Waals surface area contributed by atoms with Gasteiger partial charge in [-0.05, 0) is 18.9 Å². The number of hydrogen-bond acceptors (Lipinski definition) is 4. The molecule has 0 aromatic rings. The van der Waals surface area contributed by atoms with Gasteiger partial charge in [0.05, 0.1) is 13.2 Å². The summed E-state index contributed by atoms with van der Waals surface area (Å²) in [6.45, 7) is 12.5. The van der Waals surface area contributed by atoms with Crippen molar-refractivity contribution >= 4 is 0 Å². The van der Waals surface area contributed by atoms with Crippen LogP contribution in [0.4, 0.5) is 0 Å². The SMILES string of the molecule is CCCNC(CN(CCOC)CCOC)C(C)CC. The number of methoxy groups -OCH3 is 2. The van der Waals surface area contributed by atoms with Crippen LogP contribution in [0, 0.1) is 5.92 Å². The first-order valence-electron chi connectivity index (χ1n) is 7.63. The first kappa shape index (κ1) is 18.8. The topological polar surface area (TPSA) is 33.7 Å². The Morgan fingerprint density at radius 3 is 2.05 bits per heavy atom. The maximum absolute atomic E-state index is 5.20. The number of nitrogens with one attached hydrogen (secondary N) is 1. The van der Waals surface area contributed by atoms with Crippen LogP contribution in [-0.2, 0) is 9.47 Å². The maximum atomic E-state index is 5.20. The third kappa shape index (κ3) is 9.38. The average molecular weight is 274 g/mol. The molecular weight excluding hydrogens is 240 g/mol. The lowest BCUT2D eigenvalue weighted by molar-refractivity contribution is 0.102. The van der Waals surface area contributed by atoms with Gasteiger partial charge in [0.25, 0.3) is 0 Å². The predicted octanol–water partition coefficient (Wildman–Crippen LogP) is 2.00. The average Bonchev–Trinajstić information content (AvgIpc) is 2.44. The largest absolute Gasteiger partial charge is 0.383 e. The third-order valence-electron chi connectivity index (χ3n) is 3.67. The van der Waals surface area contributed by atoms with Gasteiger partial charge in [0.15, 0.2) is 0 Å². The van der Waals surface area contributed by atoms with E-state index in [1.54, 1.807) is 14.2 Å². The van der Waals surface area contributed by atoms with Crippen molar-refractivity contribution in [2.24, 2.45) is 5.92 Å². The van der Waals surface area contributed by atoms with Crippen LogP contribution in [0.5, 0.6) is 0 Å². The molecule has 116 valence electrons. The molecule has 4 nitrogen and oxygen atoms in total. The van der Waals surface area contributed by atoms with E-state index in [-0.39, 0.29) is 0 Å². The van der Waals surface area contributed by atoms with Gasteiger partial charge in [0.1, 0.15) is 0 Å². The number of nitrogens with zero attached hydrogens (tertiary/aromatic N) is 1. The minimum atomic E-state index is 0.554. The van der Waals surface area contributed by atoms with Crippen molar-refractivity contribution in [1.82, 2.24) is 10.2 Å². The second-order valence-electron chi connectivity index (χ2n) is 5.23. The van der Waals surface area contributed by atoms with Crippen LogP contribution in [0.15, 0.2) is 0 Å². The van der Waals surface area contributed by atoms with E-state index in [4.69, 9.17) is 9.47 Å². The van der Waals surface area contributed by atoms with Gasteiger partial charge >= 0.3 is 0 Å². The van der Waals surface area contributed by atoms with Crippen LogP contribution in [0.2, 0.25) is 0 Å². The predicted molar refractivity (Wildman–Crippen MR) is 81.7 cm³/mol. The minimum Gasteiger partial charge on any atom is -0.383 e. The van der Waals surface area contributed by atoms with Crippen molar-refractivity contribution in [2.45, 2.75) is 39.7 Å². The summed E-state index contributed by atoms with van der Waals surface area (Å²) in [6, 6.07) is 0.554. The van der Waals surface area contributed by atoms with Gasteiger partial charge in [-0.3, -0.25) is 4.90 Å². The van der Waals surface area contributed by atoms with Crippen LogP contribution in [-0.4, -0.2) is 64.6 Å². The Bertz CT molecular complexity index is 183. The van der Waals surface area contributed by atoms with E-state index in [1.165, 1.54) is 12.8 Å². The number of ether oxygens (including phenoxy) is 2. The van der Waals surface area contributed by atoms with Crippen molar-refractivity contribution in [2.75, 3.05) is 53.6 Å². The molecule has 1 N–H and O–H groups in total. The van der Waals surface area contributed by atoms with Gasteiger partial charge in [-0.15, -0.1) is 0 Å². The van der Waals surface area contributed by atoms with Crippen molar-refractivity contribution in [1.29, 1.82) is 0 Å². The molecule has 0 spiro atoms. The van der Waals surface area contributed by atoms with E-state index < -0.39 is 0 Å². The molecule has 0 aromatic carbocycles. The number of hydrogen-bond donors (Lipinski definition) is 1. The smallest absolute Gasteiger partial charge is 0.0589 e. The molecule has 2 atom stereocenters. The summed E-state index contributed by atoms with van der Waals surface area (Å²) in [6.07, 6.45) is 2.40. The molecular formula is C15H34N2O2. The van der Waals surface area contributed by atoms with E-state index in [9.17, 15) is 0 Å². The van der Waals surface area contributed by atoms with Crippen LogP contribution in [0.3, 0.4) is 0 Å². The first-order chi connectivity index (χ1) is 9.19. The zero-order valence-corrected chi connectivity index (χ0v) is 13.6. The lowest BCUT2D eigenvalue weighted by Gasteiger charge is -2.31. The molecule has 4 heteroatoms. The summed E-state index contributed by atoms with van der Waals surface area (Å²) >= 11 is 0. The third-order valence-corrected chi connectivity index (χ3v) is 3.67. The Labute approximate surface area is 119 Å². The van der Waals surface area contributed by atoms with Crippen molar-refractivity contribution < 1.29 is 9.47 Å². The summed E-state index contributed by atoms with van der Waals surface area (Å²) in [5, 5.41) is 3.68. The monoisotopic (exact) mass is 274 g/mol. The van der Waals surface area contributed by atoms with E-state index in [2.05, 4.69) is 31.0 Å². The van der Waals surface area contributed by atoms with Gasteiger partial charge in [0, 0.05) is 39.9 Å². The van der Waals surface area contributed by atoms with Gasteiger partial charge in [-0.1, -0.05) is 27.2 Å². The highest BCUT2D eigenvalue weighted by molar-refractivity contribution is 4.77. The molecule has 0 saturated carbocycles. The molecule has 0 rings (SSSR count). The Hall–Kier alpha value is -0.160. The normalized spacial score (nSPS) is 14.8. The molecule has 0 aliphatic carbocycles. The fourth-order valence-electron chi connectivity index (χ4n) is 2.07. The molecule has 2 unspecified atom stereocenters. The van der Waals surface area contributed by atoms with Crippen LogP contribution in [0.25, 0.3) is 0 Å². The summed E-state index contributed by atoms with van der Waals surface area (Å²) in [5.41, 5.74) is 0. The van der Waals surface area contributed by atoms with Crippen LogP contribution < -0.4 is 5.32 Å². The van der Waals surface area contributed by atoms with Gasteiger partial charge in [-0.25, -0.2) is 0 Å². The molecule has 0 fully saturated rings. The molecule has 19 heavy (non-hydrogen) atoms. The maximum Gasteiger partial charge on any atom is 0.0589 e. The molecule has 0 saturated heterocycles. The molecule has 0 aliphatic rings. The van der Waals surface area contributed by atoms with Gasteiger partial charge in [0.2, 0.25) is 0 Å². The first-order valence-corrected chi connectivity index (χ1v) is 7.63. The van der Waals surface area contributed by atoms with Crippen LogP contribution in [0.1, 0.15) is 33.6 Å². The van der Waals surface area contributed by atoms with Gasteiger partial charge in [-0.2, -0.15) is 0 Å². The molecule has 0 aliphatic heterocycles. The molecule has 0 bridgehead atoms. The van der Waals surface area contributed by atoms with Crippen LogP contribution >= 0.6 is 0 Å². The Morgan fingerprint density at radius 2 is 1.63 bits per heavy atom. The molecule has 0 aromatic heterocycles. The van der Waals surface area contributed by atoms with Crippen molar-refractivity contribution in [3.8, 4) is 0 Å². The quantitative estimate of drug-likeness (QED) is 0.557. The Morgan fingerprint density at radius 1 is 1.05 bits per heavy atom. The van der Waals surface area contributed by atoms with Crippen molar-refractivity contribution in [3.63, 3.8) is 0 Å². The van der Waals surface area contributed by atoms with Gasteiger partial charge < -0.3 is 14.8 Å². The lowest BCUT2D eigenvalue weighted by atomic mass is 9.98. The van der Waals surface area contributed by atoms with Crippen molar-refractivity contribution in [3.05, 3.63) is 0 Å². The number of rotatable bonds is 13. The lowest BCUT2D eigenvalue weighted by Crippen LogP contribution is -2.46. The van der Waals surface area contributed by atoms with E-state index in [1.807, 2.05) is 0 Å². The highest BCUT2D eigenvalue weighted by atomic mass is 16.5. The summed E-state index contributed by atoms with van der Waals surface area (Å²) in [7, 11) is 3.52. The Kier molecular flexibility index (Phi) is 12.7. The second kappa shape index (κ2) is 12.9. The zero-order chi connectivity index (χ0) is 14.5. The standard InChI is InChI=1S/C15H34N2O2/c1-6-8-16-15(14(3)7-2)13-17(9-11-18-4)10-12-19-5/h14-16H,6-13H2,1-5H3. The van der Waals surface area contributed by atoms with E-state index in [0.717, 1.165) is 39.4 Å². The summed E-state index contributed by atoms with van der Waals surface area (Å²) < 4.78 is 10.4. The minimum absolute atomic E-state index is 0.554. The highest BCUT2D eigenvalue weighted by Gasteiger charge is 2.18. The fraction of sp³-hybridized carbons (Fsp3) is 1.00. The summed E-state index contributed by atoms with van der Waals surface area (Å²) in [5.74, 6) is 0.694. The fourth-order valence-corrected chi connectivity index (χ4v) is 2.07. The zero-order valence-electron chi connectivity index (χ0n) is 13.6. The molecule has 0 heterocycles.